The number of rotatable bonds is 7. The van der Waals surface area contributed by atoms with Crippen molar-refractivity contribution in [2.75, 3.05) is 25.1 Å². The first-order valence-corrected chi connectivity index (χ1v) is 7.31. The molecule has 2 unspecified atom stereocenters. The zero-order valence-electron chi connectivity index (χ0n) is 11.0. The van der Waals surface area contributed by atoms with Gasteiger partial charge in [-0.25, -0.2) is 8.78 Å². The van der Waals surface area contributed by atoms with E-state index in [2.05, 4.69) is 5.32 Å². The summed E-state index contributed by atoms with van der Waals surface area (Å²) < 4.78 is 26.8. The maximum atomic E-state index is 13.4. The Morgan fingerprint density at radius 3 is 2.47 bits per heavy atom. The van der Waals surface area contributed by atoms with Crippen LogP contribution < -0.4 is 5.32 Å². The van der Waals surface area contributed by atoms with Gasteiger partial charge in [0.25, 0.3) is 0 Å². The number of halogens is 2. The summed E-state index contributed by atoms with van der Waals surface area (Å²) in [6.07, 6.45) is 0.587. The van der Waals surface area contributed by atoms with Crippen molar-refractivity contribution in [3.05, 3.63) is 35.4 Å². The van der Waals surface area contributed by atoms with E-state index in [1.54, 1.807) is 6.92 Å². The van der Waals surface area contributed by atoms with Crippen molar-refractivity contribution in [3.63, 3.8) is 0 Å². The summed E-state index contributed by atoms with van der Waals surface area (Å²) in [5.41, 5.74) is -1.27. The van der Waals surface area contributed by atoms with Crippen molar-refractivity contribution in [1.82, 2.24) is 5.32 Å². The molecule has 0 bridgehead atoms. The molecule has 0 fully saturated rings. The van der Waals surface area contributed by atoms with Crippen LogP contribution in [0.2, 0.25) is 0 Å². The second kappa shape index (κ2) is 7.19. The largest absolute Gasteiger partial charge is 0.388 e. The van der Waals surface area contributed by atoms with Gasteiger partial charge in [0.2, 0.25) is 0 Å². The Kier molecular flexibility index (Phi) is 6.19. The SMILES string of the molecule is CSCC(C)(O)CNCC(O)c1c(F)cccc1F. The lowest BCUT2D eigenvalue weighted by Crippen LogP contribution is -2.41. The monoisotopic (exact) mass is 291 g/mol. The summed E-state index contributed by atoms with van der Waals surface area (Å²) in [5, 5.41) is 22.5. The van der Waals surface area contributed by atoms with E-state index in [4.69, 9.17) is 0 Å². The first kappa shape index (κ1) is 16.4. The zero-order valence-corrected chi connectivity index (χ0v) is 11.8. The fourth-order valence-electron chi connectivity index (χ4n) is 1.77. The van der Waals surface area contributed by atoms with Crippen LogP contribution in [-0.4, -0.2) is 40.9 Å². The Morgan fingerprint density at radius 1 is 1.37 bits per heavy atom. The van der Waals surface area contributed by atoms with E-state index in [-0.39, 0.29) is 18.7 Å². The quantitative estimate of drug-likeness (QED) is 0.716. The topological polar surface area (TPSA) is 52.5 Å². The summed E-state index contributed by atoms with van der Waals surface area (Å²) in [4.78, 5) is 0. The molecule has 0 amide bonds. The van der Waals surface area contributed by atoms with Gasteiger partial charge in [-0.15, -0.1) is 0 Å². The molecule has 0 saturated carbocycles. The number of benzene rings is 1. The van der Waals surface area contributed by atoms with Gasteiger partial charge in [0, 0.05) is 18.8 Å². The van der Waals surface area contributed by atoms with Gasteiger partial charge >= 0.3 is 0 Å². The predicted octanol–water partition coefficient (Wildman–Crippen LogP) is 1.70. The van der Waals surface area contributed by atoms with Crippen LogP contribution in [0.5, 0.6) is 0 Å². The third-order valence-corrected chi connectivity index (χ3v) is 3.54. The van der Waals surface area contributed by atoms with Crippen LogP contribution in [0.4, 0.5) is 8.78 Å². The third kappa shape index (κ3) is 5.06. The molecule has 3 N–H and O–H groups in total. The zero-order chi connectivity index (χ0) is 14.5. The summed E-state index contributed by atoms with van der Waals surface area (Å²) in [5.74, 6) is -1.01. The molecular weight excluding hydrogens is 272 g/mol. The second-order valence-corrected chi connectivity index (χ2v) is 5.58. The minimum absolute atomic E-state index is 0.0254. The highest BCUT2D eigenvalue weighted by atomic mass is 32.2. The fraction of sp³-hybridized carbons (Fsp3) is 0.538. The molecule has 0 aliphatic carbocycles. The minimum Gasteiger partial charge on any atom is -0.388 e. The molecule has 1 aromatic rings. The van der Waals surface area contributed by atoms with Crippen LogP contribution in [0.1, 0.15) is 18.6 Å². The highest BCUT2D eigenvalue weighted by Crippen LogP contribution is 2.20. The average molecular weight is 291 g/mol. The molecule has 6 heteroatoms. The first-order valence-electron chi connectivity index (χ1n) is 5.91. The van der Waals surface area contributed by atoms with E-state index < -0.39 is 23.3 Å². The molecule has 0 spiro atoms. The third-order valence-electron chi connectivity index (χ3n) is 2.63. The number of thioether (sulfide) groups is 1. The minimum atomic E-state index is -1.29. The molecule has 0 heterocycles. The standard InChI is InChI=1S/C13H19F2NO2S/c1-13(18,8-19-2)7-16-6-11(17)12-9(14)4-3-5-10(12)15/h3-5,11,16-18H,6-8H2,1-2H3. The van der Waals surface area contributed by atoms with E-state index in [0.29, 0.717) is 5.75 Å². The van der Waals surface area contributed by atoms with Crippen LogP contribution in [0.3, 0.4) is 0 Å². The number of aliphatic hydroxyl groups is 2. The lowest BCUT2D eigenvalue weighted by molar-refractivity contribution is 0.0780. The van der Waals surface area contributed by atoms with Crippen molar-refractivity contribution in [2.45, 2.75) is 18.6 Å². The van der Waals surface area contributed by atoms with E-state index in [9.17, 15) is 19.0 Å². The summed E-state index contributed by atoms with van der Waals surface area (Å²) in [7, 11) is 0. The molecule has 0 aliphatic rings. The number of nitrogens with one attached hydrogen (secondary N) is 1. The summed E-state index contributed by atoms with van der Waals surface area (Å²) in [6, 6.07) is 3.45. The lowest BCUT2D eigenvalue weighted by Gasteiger charge is -2.23. The predicted molar refractivity (Wildman–Crippen MR) is 73.2 cm³/mol. The lowest BCUT2D eigenvalue weighted by atomic mass is 10.1. The van der Waals surface area contributed by atoms with Crippen LogP contribution >= 0.6 is 11.8 Å². The molecule has 19 heavy (non-hydrogen) atoms. The van der Waals surface area contributed by atoms with Crippen LogP contribution in [0, 0.1) is 11.6 Å². The van der Waals surface area contributed by atoms with Crippen molar-refractivity contribution in [1.29, 1.82) is 0 Å². The maximum Gasteiger partial charge on any atom is 0.131 e. The molecule has 0 saturated heterocycles. The van der Waals surface area contributed by atoms with Crippen LogP contribution in [0.15, 0.2) is 18.2 Å². The Bertz CT molecular complexity index is 395. The number of aliphatic hydroxyl groups excluding tert-OH is 1. The average Bonchev–Trinajstić information content (AvgIpc) is 2.28. The molecule has 0 aliphatic heterocycles. The van der Waals surface area contributed by atoms with E-state index >= 15 is 0 Å². The molecule has 108 valence electrons. The Labute approximate surface area is 116 Å². The highest BCUT2D eigenvalue weighted by Gasteiger charge is 2.21. The number of hydrogen-bond donors (Lipinski definition) is 3. The summed E-state index contributed by atoms with van der Waals surface area (Å²) >= 11 is 1.50. The van der Waals surface area contributed by atoms with Crippen molar-refractivity contribution in [2.24, 2.45) is 0 Å². The second-order valence-electron chi connectivity index (χ2n) is 4.71. The van der Waals surface area contributed by atoms with Gasteiger partial charge in [-0.3, -0.25) is 0 Å². The highest BCUT2D eigenvalue weighted by molar-refractivity contribution is 7.98. The van der Waals surface area contributed by atoms with E-state index in [0.717, 1.165) is 12.1 Å². The van der Waals surface area contributed by atoms with E-state index in [1.807, 2.05) is 6.26 Å². The van der Waals surface area contributed by atoms with Gasteiger partial charge in [0.1, 0.15) is 11.6 Å². The molecule has 1 aromatic carbocycles. The van der Waals surface area contributed by atoms with Crippen molar-refractivity contribution in [3.8, 4) is 0 Å². The summed E-state index contributed by atoms with van der Waals surface area (Å²) in [6.45, 7) is 1.87. The Balaban J connectivity index is 2.54. The van der Waals surface area contributed by atoms with Gasteiger partial charge < -0.3 is 15.5 Å². The molecule has 0 radical (unpaired) electrons. The normalized spacial score (nSPS) is 16.1. The smallest absolute Gasteiger partial charge is 0.131 e. The Hall–Kier alpha value is -0.690. The van der Waals surface area contributed by atoms with Gasteiger partial charge in [0.05, 0.1) is 17.3 Å². The van der Waals surface area contributed by atoms with Gasteiger partial charge in [-0.1, -0.05) is 6.07 Å². The van der Waals surface area contributed by atoms with Gasteiger partial charge in [-0.2, -0.15) is 11.8 Å². The first-order chi connectivity index (χ1) is 8.87. The molecule has 3 nitrogen and oxygen atoms in total. The van der Waals surface area contributed by atoms with Crippen LogP contribution in [0.25, 0.3) is 0 Å². The van der Waals surface area contributed by atoms with Crippen LogP contribution in [-0.2, 0) is 0 Å². The van der Waals surface area contributed by atoms with Crippen molar-refractivity contribution < 1.29 is 19.0 Å². The molecule has 0 aromatic heterocycles. The fourth-order valence-corrected chi connectivity index (χ4v) is 2.50. The van der Waals surface area contributed by atoms with Gasteiger partial charge in [0.15, 0.2) is 0 Å². The maximum absolute atomic E-state index is 13.4. The Morgan fingerprint density at radius 2 is 1.95 bits per heavy atom. The molecule has 1 rings (SSSR count). The van der Waals surface area contributed by atoms with Crippen molar-refractivity contribution >= 4 is 11.8 Å². The molecule has 2 atom stereocenters. The molecular formula is C13H19F2NO2S. The van der Waals surface area contributed by atoms with Gasteiger partial charge in [-0.05, 0) is 25.3 Å². The van der Waals surface area contributed by atoms with E-state index in [1.165, 1.54) is 17.8 Å². The number of hydrogen-bond acceptors (Lipinski definition) is 4.